The van der Waals surface area contributed by atoms with Crippen molar-refractivity contribution in [3.05, 3.63) is 29.8 Å². The Morgan fingerprint density at radius 3 is 2.60 bits per heavy atom. The largest absolute Gasteiger partial charge is 0.435 e. The predicted molar refractivity (Wildman–Crippen MR) is 66.3 cm³/mol. The lowest BCUT2D eigenvalue weighted by molar-refractivity contribution is -0.0499. The van der Waals surface area contributed by atoms with Crippen molar-refractivity contribution in [2.75, 3.05) is 19.8 Å². The summed E-state index contributed by atoms with van der Waals surface area (Å²) in [6.45, 7) is -1.09. The van der Waals surface area contributed by atoms with Crippen molar-refractivity contribution in [1.29, 1.82) is 0 Å². The Morgan fingerprint density at radius 2 is 1.95 bits per heavy atom. The molecule has 1 aromatic rings. The monoisotopic (exact) mass is 295 g/mol. The highest BCUT2D eigenvalue weighted by Crippen LogP contribution is 2.20. The number of rotatable bonds is 9. The second-order valence-corrected chi connectivity index (χ2v) is 4.09. The first-order valence-corrected chi connectivity index (χ1v) is 6.13. The minimum absolute atomic E-state index is 0.0834. The number of ether oxygens (including phenoxy) is 2. The van der Waals surface area contributed by atoms with Crippen molar-refractivity contribution in [3.8, 4) is 5.75 Å². The van der Waals surface area contributed by atoms with Crippen LogP contribution >= 0.6 is 0 Å². The van der Waals surface area contributed by atoms with Crippen LogP contribution in [0.5, 0.6) is 5.75 Å². The average molecular weight is 295 g/mol. The predicted octanol–water partition coefficient (Wildman–Crippen LogP) is 3.22. The van der Waals surface area contributed by atoms with E-state index in [4.69, 9.17) is 4.74 Å². The Balaban J connectivity index is 2.37. The van der Waals surface area contributed by atoms with Gasteiger partial charge in [0.25, 0.3) is 6.43 Å². The van der Waals surface area contributed by atoms with Crippen LogP contribution in [0.25, 0.3) is 0 Å². The maximum absolute atomic E-state index is 12.1. The summed E-state index contributed by atoms with van der Waals surface area (Å²) >= 11 is 0. The topological polar surface area (TPSA) is 30.5 Å². The molecule has 0 aromatic heterocycles. The highest BCUT2D eigenvalue weighted by atomic mass is 19.3. The van der Waals surface area contributed by atoms with Crippen LogP contribution in [-0.2, 0) is 4.74 Å². The molecule has 0 radical (unpaired) electrons. The molecule has 0 amide bonds. The zero-order valence-electron chi connectivity index (χ0n) is 11.0. The van der Waals surface area contributed by atoms with E-state index < -0.39 is 19.6 Å². The van der Waals surface area contributed by atoms with Gasteiger partial charge in [0.05, 0.1) is 6.61 Å². The summed E-state index contributed by atoms with van der Waals surface area (Å²) in [7, 11) is 0. The quantitative estimate of drug-likeness (QED) is 0.560. The van der Waals surface area contributed by atoms with Crippen molar-refractivity contribution in [2.45, 2.75) is 26.0 Å². The maximum atomic E-state index is 12.1. The summed E-state index contributed by atoms with van der Waals surface area (Å²) in [6, 6.07) is 6.18. The van der Waals surface area contributed by atoms with E-state index in [2.05, 4.69) is 10.1 Å². The molecule has 0 heterocycles. The Morgan fingerprint density at radius 1 is 1.20 bits per heavy atom. The molecule has 114 valence electrons. The molecule has 0 fully saturated rings. The highest BCUT2D eigenvalue weighted by Gasteiger charge is 2.09. The maximum Gasteiger partial charge on any atom is 0.387 e. The number of alkyl halides is 4. The van der Waals surface area contributed by atoms with Crippen LogP contribution in [0.1, 0.15) is 18.5 Å². The fraction of sp³-hybridized carbons (Fsp3) is 0.538. The van der Waals surface area contributed by atoms with Gasteiger partial charge in [-0.3, -0.25) is 0 Å². The van der Waals surface area contributed by atoms with Gasteiger partial charge in [-0.15, -0.1) is 0 Å². The molecule has 1 N–H and O–H groups in total. The SMILES string of the molecule is CC(NCCOCC(F)F)c1cccc(OC(F)F)c1. The molecule has 7 heteroatoms. The van der Waals surface area contributed by atoms with Crippen LogP contribution in [0.4, 0.5) is 17.6 Å². The second kappa shape index (κ2) is 8.76. The van der Waals surface area contributed by atoms with E-state index in [0.29, 0.717) is 6.54 Å². The summed E-state index contributed by atoms with van der Waals surface area (Å²) in [4.78, 5) is 0. The van der Waals surface area contributed by atoms with Crippen LogP contribution in [0.3, 0.4) is 0 Å². The summed E-state index contributed by atoms with van der Waals surface area (Å²) < 4.78 is 56.8. The molecule has 0 aliphatic rings. The molecule has 0 saturated carbocycles. The minimum atomic E-state index is -2.86. The van der Waals surface area contributed by atoms with Gasteiger partial charge in [0.1, 0.15) is 12.4 Å². The fourth-order valence-corrected chi connectivity index (χ4v) is 1.60. The molecule has 1 unspecified atom stereocenters. The lowest BCUT2D eigenvalue weighted by atomic mass is 10.1. The van der Waals surface area contributed by atoms with Crippen LogP contribution in [0.2, 0.25) is 0 Å². The van der Waals surface area contributed by atoms with Crippen LogP contribution < -0.4 is 10.1 Å². The first kappa shape index (κ1) is 16.7. The Kier molecular flexibility index (Phi) is 7.32. The number of nitrogens with one attached hydrogen (secondary N) is 1. The fourth-order valence-electron chi connectivity index (χ4n) is 1.60. The summed E-state index contributed by atoms with van der Waals surface area (Å²) in [5.74, 6) is 0.0834. The minimum Gasteiger partial charge on any atom is -0.435 e. The van der Waals surface area contributed by atoms with Crippen LogP contribution in [0.15, 0.2) is 24.3 Å². The third-order valence-electron chi connectivity index (χ3n) is 2.52. The molecule has 0 saturated heterocycles. The molecule has 1 rings (SSSR count). The van der Waals surface area contributed by atoms with E-state index >= 15 is 0 Å². The van der Waals surface area contributed by atoms with E-state index in [0.717, 1.165) is 5.56 Å². The van der Waals surface area contributed by atoms with Crippen molar-refractivity contribution in [3.63, 3.8) is 0 Å². The first-order chi connectivity index (χ1) is 9.49. The molecule has 20 heavy (non-hydrogen) atoms. The smallest absolute Gasteiger partial charge is 0.387 e. The van der Waals surface area contributed by atoms with Gasteiger partial charge in [-0.05, 0) is 24.6 Å². The van der Waals surface area contributed by atoms with Gasteiger partial charge in [0, 0.05) is 12.6 Å². The Labute approximate surface area is 114 Å². The zero-order chi connectivity index (χ0) is 15.0. The number of hydrogen-bond acceptors (Lipinski definition) is 3. The number of halogens is 4. The lowest BCUT2D eigenvalue weighted by Crippen LogP contribution is -2.24. The normalized spacial score (nSPS) is 12.9. The van der Waals surface area contributed by atoms with Crippen molar-refractivity contribution in [2.24, 2.45) is 0 Å². The van der Waals surface area contributed by atoms with E-state index in [1.807, 2.05) is 6.92 Å². The number of hydrogen-bond donors (Lipinski definition) is 1. The van der Waals surface area contributed by atoms with E-state index in [9.17, 15) is 17.6 Å². The average Bonchev–Trinajstić information content (AvgIpc) is 2.37. The van der Waals surface area contributed by atoms with Gasteiger partial charge < -0.3 is 14.8 Å². The van der Waals surface area contributed by atoms with E-state index in [1.165, 1.54) is 12.1 Å². The van der Waals surface area contributed by atoms with Crippen molar-refractivity contribution >= 4 is 0 Å². The van der Waals surface area contributed by atoms with Gasteiger partial charge in [0.2, 0.25) is 0 Å². The van der Waals surface area contributed by atoms with Crippen LogP contribution in [-0.4, -0.2) is 32.8 Å². The molecular weight excluding hydrogens is 278 g/mol. The molecule has 0 bridgehead atoms. The molecule has 1 atom stereocenters. The van der Waals surface area contributed by atoms with Gasteiger partial charge in [-0.2, -0.15) is 8.78 Å². The van der Waals surface area contributed by atoms with Crippen LogP contribution in [0, 0.1) is 0 Å². The standard InChI is InChI=1S/C13H17F4NO2/c1-9(18-5-6-19-8-12(14)15)10-3-2-4-11(7-10)20-13(16)17/h2-4,7,9,12-13,18H,5-6,8H2,1H3. The molecule has 0 aliphatic carbocycles. The third kappa shape index (κ3) is 6.72. The molecule has 3 nitrogen and oxygen atoms in total. The van der Waals surface area contributed by atoms with E-state index in [1.54, 1.807) is 12.1 Å². The zero-order valence-corrected chi connectivity index (χ0v) is 11.0. The summed E-state index contributed by atoms with van der Waals surface area (Å²) in [5.41, 5.74) is 0.761. The van der Waals surface area contributed by atoms with Gasteiger partial charge in [-0.25, -0.2) is 8.78 Å². The summed E-state index contributed by atoms with van der Waals surface area (Å²) in [6.07, 6.45) is -2.48. The lowest BCUT2D eigenvalue weighted by Gasteiger charge is -2.15. The Bertz CT molecular complexity index is 390. The second-order valence-electron chi connectivity index (χ2n) is 4.09. The van der Waals surface area contributed by atoms with E-state index in [-0.39, 0.29) is 18.4 Å². The van der Waals surface area contributed by atoms with Crippen molar-refractivity contribution in [1.82, 2.24) is 5.32 Å². The molecule has 1 aromatic carbocycles. The third-order valence-corrected chi connectivity index (χ3v) is 2.52. The first-order valence-electron chi connectivity index (χ1n) is 6.13. The molecule has 0 aliphatic heterocycles. The highest BCUT2D eigenvalue weighted by molar-refractivity contribution is 5.30. The molecular formula is C13H17F4NO2. The Hall–Kier alpha value is -1.34. The van der Waals surface area contributed by atoms with Gasteiger partial charge in [0.15, 0.2) is 0 Å². The van der Waals surface area contributed by atoms with Gasteiger partial charge >= 0.3 is 6.61 Å². The number of benzene rings is 1. The molecule has 0 spiro atoms. The summed E-state index contributed by atoms with van der Waals surface area (Å²) in [5, 5.41) is 3.04. The van der Waals surface area contributed by atoms with Gasteiger partial charge in [-0.1, -0.05) is 12.1 Å². The van der Waals surface area contributed by atoms with Crippen molar-refractivity contribution < 1.29 is 27.0 Å².